The molecule has 0 amide bonds. The van der Waals surface area contributed by atoms with Gasteiger partial charge in [-0.15, -0.1) is 0 Å². The topological polar surface area (TPSA) is 122 Å². The first-order valence-corrected chi connectivity index (χ1v) is 11.6. The second-order valence-electron chi connectivity index (χ2n) is 6.70. The Morgan fingerprint density at radius 2 is 1.03 bits per heavy atom. The van der Waals surface area contributed by atoms with E-state index in [1.54, 1.807) is 39.8 Å². The van der Waals surface area contributed by atoms with E-state index in [4.69, 9.17) is 9.47 Å². The molecule has 3 rings (SSSR count). The highest BCUT2D eigenvalue weighted by Crippen LogP contribution is 2.37. The molecule has 30 heavy (non-hydrogen) atoms. The molecule has 0 saturated heterocycles. The molecule has 0 aliphatic heterocycles. The molecule has 10 nitrogen and oxygen atoms in total. The van der Waals surface area contributed by atoms with Crippen molar-refractivity contribution in [2.24, 2.45) is 0 Å². The van der Waals surface area contributed by atoms with Crippen molar-refractivity contribution in [1.82, 2.24) is 18.4 Å². The minimum atomic E-state index is -4.26. The fraction of sp³-hybridized carbons (Fsp3) is 0.333. The van der Waals surface area contributed by atoms with Crippen molar-refractivity contribution in [1.29, 1.82) is 0 Å². The summed E-state index contributed by atoms with van der Waals surface area (Å²) in [6.45, 7) is 6.48. The number of ether oxygens (including phenoxy) is 2. The largest absolute Gasteiger partial charge is 0.495 e. The van der Waals surface area contributed by atoms with Gasteiger partial charge in [-0.2, -0.15) is 35.2 Å². The van der Waals surface area contributed by atoms with Crippen LogP contribution < -0.4 is 9.47 Å². The van der Waals surface area contributed by atoms with Gasteiger partial charge < -0.3 is 9.47 Å². The lowest BCUT2D eigenvalue weighted by Crippen LogP contribution is -2.20. The summed E-state index contributed by atoms with van der Waals surface area (Å²) in [4.78, 5) is -0.728. The van der Waals surface area contributed by atoms with Gasteiger partial charge in [0.05, 0.1) is 37.0 Å². The molecule has 0 atom stereocenters. The maximum absolute atomic E-state index is 13.3. The van der Waals surface area contributed by atoms with Crippen LogP contribution in [0.3, 0.4) is 0 Å². The van der Waals surface area contributed by atoms with Crippen molar-refractivity contribution in [2.75, 3.05) is 14.2 Å². The van der Waals surface area contributed by atoms with Gasteiger partial charge >= 0.3 is 0 Å². The summed E-state index contributed by atoms with van der Waals surface area (Å²) < 4.78 is 65.3. The molecular weight excluding hydrogens is 432 g/mol. The van der Waals surface area contributed by atoms with E-state index >= 15 is 0 Å². The van der Waals surface area contributed by atoms with Gasteiger partial charge in [-0.3, -0.25) is 0 Å². The Morgan fingerprint density at radius 3 is 1.30 bits per heavy atom. The van der Waals surface area contributed by atoms with E-state index in [9.17, 15) is 16.8 Å². The zero-order valence-electron chi connectivity index (χ0n) is 17.4. The lowest BCUT2D eigenvalue weighted by molar-refractivity contribution is 0.378. The van der Waals surface area contributed by atoms with E-state index in [0.29, 0.717) is 22.8 Å². The molecule has 0 unspecified atom stereocenters. The molecule has 0 fully saturated rings. The van der Waals surface area contributed by atoms with E-state index in [1.807, 2.05) is 0 Å². The molecule has 0 spiro atoms. The SMILES string of the molecule is COc1cc(OC)c(S(=O)(=O)n2nc(C)cc2C)cc1S(=O)(=O)n1nc(C)cc1C. The highest BCUT2D eigenvalue weighted by molar-refractivity contribution is 7.90. The normalized spacial score (nSPS) is 12.2. The number of hydrogen-bond acceptors (Lipinski definition) is 8. The van der Waals surface area contributed by atoms with Gasteiger partial charge in [-0.1, -0.05) is 0 Å². The average Bonchev–Trinajstić information content (AvgIpc) is 3.21. The highest BCUT2D eigenvalue weighted by atomic mass is 32.2. The summed E-state index contributed by atoms with van der Waals surface area (Å²) in [5.74, 6) is -0.154. The van der Waals surface area contributed by atoms with Gasteiger partial charge in [0.15, 0.2) is 0 Å². The van der Waals surface area contributed by atoms with Crippen LogP contribution in [0.25, 0.3) is 0 Å². The first kappa shape index (κ1) is 21.8. The quantitative estimate of drug-likeness (QED) is 0.553. The Balaban J connectivity index is 2.34. The van der Waals surface area contributed by atoms with Gasteiger partial charge in [-0.25, -0.2) is 0 Å². The summed E-state index contributed by atoms with van der Waals surface area (Å²) >= 11 is 0. The highest BCUT2D eigenvalue weighted by Gasteiger charge is 2.32. The van der Waals surface area contributed by atoms with Crippen LogP contribution in [0, 0.1) is 27.7 Å². The van der Waals surface area contributed by atoms with E-state index in [-0.39, 0.29) is 21.3 Å². The van der Waals surface area contributed by atoms with E-state index < -0.39 is 20.0 Å². The number of hydrogen-bond donors (Lipinski definition) is 0. The van der Waals surface area contributed by atoms with Crippen LogP contribution in [0.15, 0.2) is 34.1 Å². The van der Waals surface area contributed by atoms with Crippen molar-refractivity contribution in [3.8, 4) is 11.5 Å². The molecule has 162 valence electrons. The third kappa shape index (κ3) is 3.45. The maximum atomic E-state index is 13.3. The second kappa shape index (κ2) is 7.43. The van der Waals surface area contributed by atoms with Gasteiger partial charge in [0.1, 0.15) is 21.3 Å². The molecule has 0 aliphatic carbocycles. The Bertz CT molecular complexity index is 1240. The summed E-state index contributed by atoms with van der Waals surface area (Å²) in [5, 5.41) is 8.04. The predicted molar refractivity (Wildman–Crippen MR) is 108 cm³/mol. The molecule has 0 N–H and O–H groups in total. The molecule has 0 aliphatic rings. The third-order valence-electron chi connectivity index (χ3n) is 4.40. The lowest BCUT2D eigenvalue weighted by Gasteiger charge is -2.16. The van der Waals surface area contributed by atoms with Crippen molar-refractivity contribution in [3.05, 3.63) is 47.0 Å². The van der Waals surface area contributed by atoms with Crippen molar-refractivity contribution < 1.29 is 26.3 Å². The fourth-order valence-electron chi connectivity index (χ4n) is 3.13. The van der Waals surface area contributed by atoms with Gasteiger partial charge in [0.2, 0.25) is 0 Å². The number of nitrogens with zero attached hydrogens (tertiary/aromatic N) is 4. The molecule has 3 aromatic rings. The third-order valence-corrected chi connectivity index (χ3v) is 7.80. The van der Waals surface area contributed by atoms with Crippen LogP contribution in [0.4, 0.5) is 0 Å². The van der Waals surface area contributed by atoms with Crippen molar-refractivity contribution in [3.63, 3.8) is 0 Å². The zero-order chi connectivity index (χ0) is 22.4. The van der Waals surface area contributed by atoms with E-state index in [1.165, 1.54) is 20.3 Å². The zero-order valence-corrected chi connectivity index (χ0v) is 19.0. The number of rotatable bonds is 6. The molecule has 2 heterocycles. The predicted octanol–water partition coefficient (Wildman–Crippen LogP) is 1.80. The number of aryl methyl sites for hydroxylation is 4. The van der Waals surface area contributed by atoms with Crippen molar-refractivity contribution >= 4 is 20.0 Å². The van der Waals surface area contributed by atoms with E-state index in [2.05, 4.69) is 10.2 Å². The Kier molecular flexibility index (Phi) is 5.41. The Hall–Kier alpha value is -2.86. The van der Waals surface area contributed by atoms with Gasteiger partial charge in [0, 0.05) is 6.07 Å². The van der Waals surface area contributed by atoms with Crippen LogP contribution in [0.1, 0.15) is 22.8 Å². The van der Waals surface area contributed by atoms with Crippen LogP contribution >= 0.6 is 0 Å². The fourth-order valence-corrected chi connectivity index (χ4v) is 6.24. The second-order valence-corrected chi connectivity index (χ2v) is 10.2. The molecule has 2 aromatic heterocycles. The molecule has 0 radical (unpaired) electrons. The van der Waals surface area contributed by atoms with Gasteiger partial charge in [0.25, 0.3) is 20.0 Å². The summed E-state index contributed by atoms with van der Waals surface area (Å²) in [7, 11) is -5.95. The first-order valence-electron chi connectivity index (χ1n) is 8.77. The summed E-state index contributed by atoms with van der Waals surface area (Å²) in [6, 6.07) is 5.43. The van der Waals surface area contributed by atoms with Gasteiger partial charge in [-0.05, 0) is 45.9 Å². The molecule has 12 heteroatoms. The monoisotopic (exact) mass is 454 g/mol. The smallest absolute Gasteiger partial charge is 0.286 e. The van der Waals surface area contributed by atoms with Crippen molar-refractivity contribution in [2.45, 2.75) is 37.5 Å². The lowest BCUT2D eigenvalue weighted by atomic mass is 10.3. The van der Waals surface area contributed by atoms with Crippen LogP contribution in [-0.4, -0.2) is 49.4 Å². The minimum Gasteiger partial charge on any atom is -0.495 e. The number of aromatic nitrogens is 4. The Labute approximate surface area is 175 Å². The molecule has 1 aromatic carbocycles. The van der Waals surface area contributed by atoms with Crippen LogP contribution in [0.2, 0.25) is 0 Å². The molecule has 0 saturated carbocycles. The standard InChI is InChI=1S/C18H22N4O6S2/c1-11-7-13(3)21(19-11)29(23,24)17-10-18(16(28-6)9-15(17)27-5)30(25,26)22-14(4)8-12(2)20-22/h7-10H,1-6H3. The molecular formula is C18H22N4O6S2. The molecule has 0 bridgehead atoms. The summed E-state index contributed by atoms with van der Waals surface area (Å²) in [6.07, 6.45) is 0. The number of benzene rings is 1. The Morgan fingerprint density at radius 1 is 0.667 bits per heavy atom. The van der Waals surface area contributed by atoms with E-state index in [0.717, 1.165) is 14.2 Å². The average molecular weight is 455 g/mol. The minimum absolute atomic E-state index is 0.0771. The van der Waals surface area contributed by atoms with Crippen LogP contribution in [-0.2, 0) is 20.0 Å². The van der Waals surface area contributed by atoms with Crippen LogP contribution in [0.5, 0.6) is 11.5 Å². The first-order chi connectivity index (χ1) is 13.9. The summed E-state index contributed by atoms with van der Waals surface area (Å²) in [5.41, 5.74) is 1.74. The number of methoxy groups -OCH3 is 2. The maximum Gasteiger partial charge on any atom is 0.286 e.